The van der Waals surface area contributed by atoms with Crippen molar-refractivity contribution in [2.24, 2.45) is 29.4 Å². The van der Waals surface area contributed by atoms with E-state index in [9.17, 15) is 0 Å². The molecule has 90 valence electrons. The van der Waals surface area contributed by atoms with E-state index in [0.29, 0.717) is 5.92 Å². The van der Waals surface area contributed by atoms with Crippen LogP contribution in [-0.4, -0.2) is 31.6 Å². The van der Waals surface area contributed by atoms with Crippen molar-refractivity contribution in [2.75, 3.05) is 26.7 Å². The molecule has 0 saturated heterocycles. The first-order chi connectivity index (χ1) is 7.02. The number of hydrogen-bond donors (Lipinski definition) is 1. The number of nitrogens with two attached hydrogens (primary N) is 1. The summed E-state index contributed by atoms with van der Waals surface area (Å²) in [6, 6.07) is 0. The molecule has 15 heavy (non-hydrogen) atoms. The molecule has 0 aromatic rings. The lowest BCUT2D eigenvalue weighted by Crippen LogP contribution is -2.32. The molecule has 1 aliphatic carbocycles. The summed E-state index contributed by atoms with van der Waals surface area (Å²) in [4.78, 5) is 2.48. The maximum Gasteiger partial charge on any atom is 0.00189 e. The van der Waals surface area contributed by atoms with E-state index in [1.165, 1.54) is 25.9 Å². The minimum atomic E-state index is 0.684. The van der Waals surface area contributed by atoms with Gasteiger partial charge in [0.25, 0.3) is 0 Å². The molecule has 0 aliphatic heterocycles. The number of nitrogens with zero attached hydrogens (tertiary/aromatic N) is 1. The van der Waals surface area contributed by atoms with Crippen molar-refractivity contribution >= 4 is 0 Å². The highest BCUT2D eigenvalue weighted by Gasteiger charge is 2.33. The molecule has 1 rings (SSSR count). The van der Waals surface area contributed by atoms with Gasteiger partial charge in [-0.2, -0.15) is 0 Å². The van der Waals surface area contributed by atoms with Crippen LogP contribution in [0.4, 0.5) is 0 Å². The third-order valence-corrected chi connectivity index (χ3v) is 3.53. The van der Waals surface area contributed by atoms with Crippen molar-refractivity contribution in [2.45, 2.75) is 33.6 Å². The van der Waals surface area contributed by atoms with Crippen molar-refractivity contribution in [1.82, 2.24) is 4.90 Å². The van der Waals surface area contributed by atoms with E-state index in [4.69, 9.17) is 5.73 Å². The van der Waals surface area contributed by atoms with Crippen LogP contribution in [0.25, 0.3) is 0 Å². The second kappa shape index (κ2) is 5.86. The second-order valence-electron chi connectivity index (χ2n) is 5.93. The molecule has 2 heteroatoms. The van der Waals surface area contributed by atoms with Gasteiger partial charge in [-0.15, -0.1) is 0 Å². The standard InChI is InChI=1S/C13H28N2/c1-10(2)5-12(7-14)8-15(4)9-13-6-11(13)3/h10-13H,5-9,14H2,1-4H3. The van der Waals surface area contributed by atoms with E-state index in [1.807, 2.05) is 0 Å². The van der Waals surface area contributed by atoms with Gasteiger partial charge >= 0.3 is 0 Å². The summed E-state index contributed by atoms with van der Waals surface area (Å²) in [5.74, 6) is 3.39. The Kier molecular flexibility index (Phi) is 5.07. The van der Waals surface area contributed by atoms with E-state index >= 15 is 0 Å². The first kappa shape index (κ1) is 13.0. The Labute approximate surface area is 95.2 Å². The molecule has 2 N–H and O–H groups in total. The van der Waals surface area contributed by atoms with E-state index in [-0.39, 0.29) is 0 Å². The average Bonchev–Trinajstić information content (AvgIpc) is 2.79. The van der Waals surface area contributed by atoms with Crippen molar-refractivity contribution < 1.29 is 0 Å². The molecule has 0 aromatic heterocycles. The first-order valence-electron chi connectivity index (χ1n) is 6.41. The summed E-state index contributed by atoms with van der Waals surface area (Å²) in [7, 11) is 2.24. The number of rotatable bonds is 7. The predicted octanol–water partition coefficient (Wildman–Crippen LogP) is 2.20. The molecular formula is C13H28N2. The molecule has 2 nitrogen and oxygen atoms in total. The molecule has 0 spiro atoms. The summed E-state index contributed by atoms with van der Waals surface area (Å²) in [5, 5.41) is 0. The minimum absolute atomic E-state index is 0.684. The summed E-state index contributed by atoms with van der Waals surface area (Å²) in [6.07, 6.45) is 2.70. The molecular weight excluding hydrogens is 184 g/mol. The second-order valence-corrected chi connectivity index (χ2v) is 5.93. The third kappa shape index (κ3) is 4.98. The van der Waals surface area contributed by atoms with Crippen LogP contribution in [0.1, 0.15) is 33.6 Å². The van der Waals surface area contributed by atoms with Crippen LogP contribution in [0, 0.1) is 23.7 Å². The van der Waals surface area contributed by atoms with Gasteiger partial charge in [-0.05, 0) is 50.1 Å². The van der Waals surface area contributed by atoms with Crippen LogP contribution >= 0.6 is 0 Å². The minimum Gasteiger partial charge on any atom is -0.330 e. The van der Waals surface area contributed by atoms with Gasteiger partial charge in [-0.1, -0.05) is 20.8 Å². The van der Waals surface area contributed by atoms with Gasteiger partial charge in [0.2, 0.25) is 0 Å². The zero-order valence-electron chi connectivity index (χ0n) is 10.9. The lowest BCUT2D eigenvalue weighted by molar-refractivity contribution is 0.246. The quantitative estimate of drug-likeness (QED) is 0.701. The first-order valence-corrected chi connectivity index (χ1v) is 6.41. The zero-order chi connectivity index (χ0) is 11.4. The summed E-state index contributed by atoms with van der Waals surface area (Å²) in [5.41, 5.74) is 5.82. The number of hydrogen-bond acceptors (Lipinski definition) is 2. The van der Waals surface area contributed by atoms with Crippen LogP contribution in [0.15, 0.2) is 0 Å². The zero-order valence-corrected chi connectivity index (χ0v) is 10.9. The highest BCUT2D eigenvalue weighted by Crippen LogP contribution is 2.38. The average molecular weight is 212 g/mol. The highest BCUT2D eigenvalue weighted by atomic mass is 15.1. The van der Waals surface area contributed by atoms with Gasteiger partial charge in [0.1, 0.15) is 0 Å². The Bertz CT molecular complexity index is 179. The van der Waals surface area contributed by atoms with Crippen LogP contribution in [0.2, 0.25) is 0 Å². The predicted molar refractivity (Wildman–Crippen MR) is 66.8 cm³/mol. The Morgan fingerprint density at radius 1 is 1.40 bits per heavy atom. The summed E-state index contributed by atoms with van der Waals surface area (Å²) < 4.78 is 0. The van der Waals surface area contributed by atoms with Gasteiger partial charge in [-0.25, -0.2) is 0 Å². The van der Waals surface area contributed by atoms with E-state index < -0.39 is 0 Å². The molecule has 1 aliphatic rings. The maximum absolute atomic E-state index is 5.82. The topological polar surface area (TPSA) is 29.3 Å². The molecule has 0 aromatic carbocycles. The molecule has 0 radical (unpaired) electrons. The summed E-state index contributed by atoms with van der Waals surface area (Å²) in [6.45, 7) is 10.2. The van der Waals surface area contributed by atoms with Crippen LogP contribution < -0.4 is 5.73 Å². The van der Waals surface area contributed by atoms with Gasteiger partial charge < -0.3 is 10.6 Å². The normalized spacial score (nSPS) is 27.4. The Morgan fingerprint density at radius 2 is 2.00 bits per heavy atom. The van der Waals surface area contributed by atoms with Crippen LogP contribution in [0.5, 0.6) is 0 Å². The van der Waals surface area contributed by atoms with Gasteiger partial charge in [-0.3, -0.25) is 0 Å². The van der Waals surface area contributed by atoms with E-state index in [1.54, 1.807) is 0 Å². The molecule has 0 amide bonds. The molecule has 3 atom stereocenters. The fraction of sp³-hybridized carbons (Fsp3) is 1.00. The molecule has 0 bridgehead atoms. The van der Waals surface area contributed by atoms with Crippen LogP contribution in [0.3, 0.4) is 0 Å². The van der Waals surface area contributed by atoms with Gasteiger partial charge in [0.15, 0.2) is 0 Å². The monoisotopic (exact) mass is 212 g/mol. The summed E-state index contributed by atoms with van der Waals surface area (Å²) >= 11 is 0. The SMILES string of the molecule is CC(C)CC(CN)CN(C)CC1CC1C. The third-order valence-electron chi connectivity index (χ3n) is 3.53. The lowest BCUT2D eigenvalue weighted by Gasteiger charge is -2.24. The van der Waals surface area contributed by atoms with Crippen molar-refractivity contribution in [1.29, 1.82) is 0 Å². The van der Waals surface area contributed by atoms with Gasteiger partial charge in [0, 0.05) is 13.1 Å². The largest absolute Gasteiger partial charge is 0.330 e. The Balaban J connectivity index is 2.18. The Hall–Kier alpha value is -0.0800. The fourth-order valence-corrected chi connectivity index (χ4v) is 2.48. The Morgan fingerprint density at radius 3 is 2.40 bits per heavy atom. The molecule has 0 heterocycles. The molecule has 1 fully saturated rings. The van der Waals surface area contributed by atoms with E-state index in [0.717, 1.165) is 24.3 Å². The van der Waals surface area contributed by atoms with Crippen LogP contribution in [-0.2, 0) is 0 Å². The molecule has 3 unspecified atom stereocenters. The van der Waals surface area contributed by atoms with Crippen molar-refractivity contribution in [3.63, 3.8) is 0 Å². The van der Waals surface area contributed by atoms with Crippen molar-refractivity contribution in [3.8, 4) is 0 Å². The lowest BCUT2D eigenvalue weighted by atomic mass is 9.97. The fourth-order valence-electron chi connectivity index (χ4n) is 2.48. The van der Waals surface area contributed by atoms with E-state index in [2.05, 4.69) is 32.7 Å². The smallest absolute Gasteiger partial charge is 0.00189 e. The molecule has 1 saturated carbocycles. The van der Waals surface area contributed by atoms with Gasteiger partial charge in [0.05, 0.1) is 0 Å². The maximum atomic E-state index is 5.82. The highest BCUT2D eigenvalue weighted by molar-refractivity contribution is 4.84. The van der Waals surface area contributed by atoms with Crippen molar-refractivity contribution in [3.05, 3.63) is 0 Å².